The normalized spacial score (nSPS) is 13.5. The van der Waals surface area contributed by atoms with Crippen molar-refractivity contribution >= 4 is 22.2 Å². The van der Waals surface area contributed by atoms with Gasteiger partial charge in [-0.3, -0.25) is 4.79 Å². The second kappa shape index (κ2) is 7.71. The number of para-hydroxylation sites is 1. The molecule has 0 spiro atoms. The number of nitriles is 1. The summed E-state index contributed by atoms with van der Waals surface area (Å²) >= 11 is 1.55. The number of rotatable bonds is 4. The van der Waals surface area contributed by atoms with Gasteiger partial charge in [-0.05, 0) is 56.2 Å². The Hall–Kier alpha value is -2.32. The molecule has 0 aliphatic heterocycles. The standard InChI is InChI=1S/C20H22N2O2S/c1-13-7-6-8-14(2)19(13)24-12-18(23)22-20-16(11-21)15-9-4-3-5-10-17(15)25-20/h6-8H,3-5,9-10,12H2,1-2H3,(H,22,23). The highest BCUT2D eigenvalue weighted by atomic mass is 32.1. The molecule has 1 aromatic heterocycles. The van der Waals surface area contributed by atoms with Gasteiger partial charge in [0.15, 0.2) is 6.61 Å². The fourth-order valence-electron chi connectivity index (χ4n) is 3.28. The van der Waals surface area contributed by atoms with Crippen molar-refractivity contribution in [3.8, 4) is 11.8 Å². The smallest absolute Gasteiger partial charge is 0.262 e. The number of fused-ring (bicyclic) bond motifs is 1. The second-order valence-electron chi connectivity index (χ2n) is 6.44. The van der Waals surface area contributed by atoms with E-state index in [0.29, 0.717) is 10.6 Å². The van der Waals surface area contributed by atoms with Crippen LogP contribution in [0.25, 0.3) is 0 Å². The molecule has 1 aliphatic carbocycles. The van der Waals surface area contributed by atoms with Crippen molar-refractivity contribution < 1.29 is 9.53 Å². The van der Waals surface area contributed by atoms with Gasteiger partial charge in [-0.1, -0.05) is 24.6 Å². The third-order valence-corrected chi connectivity index (χ3v) is 5.75. The molecule has 1 amide bonds. The van der Waals surface area contributed by atoms with E-state index in [0.717, 1.165) is 48.1 Å². The molecule has 0 radical (unpaired) electrons. The Morgan fingerprint density at radius 1 is 1.24 bits per heavy atom. The number of hydrogen-bond donors (Lipinski definition) is 1. The third kappa shape index (κ3) is 3.85. The lowest BCUT2D eigenvalue weighted by atomic mass is 10.1. The molecule has 1 aromatic carbocycles. The predicted molar refractivity (Wildman–Crippen MR) is 100 cm³/mol. The predicted octanol–water partition coefficient (Wildman–Crippen LogP) is 4.52. The van der Waals surface area contributed by atoms with Gasteiger partial charge in [-0.2, -0.15) is 5.26 Å². The van der Waals surface area contributed by atoms with Crippen LogP contribution in [-0.2, 0) is 17.6 Å². The highest BCUT2D eigenvalue weighted by molar-refractivity contribution is 7.16. The van der Waals surface area contributed by atoms with Crippen molar-refractivity contribution in [3.63, 3.8) is 0 Å². The summed E-state index contributed by atoms with van der Waals surface area (Å²) in [5.41, 5.74) is 3.79. The summed E-state index contributed by atoms with van der Waals surface area (Å²) in [6.45, 7) is 3.87. The molecular formula is C20H22N2O2S. The first-order valence-corrected chi connectivity index (χ1v) is 9.45. The number of anilines is 1. The molecule has 5 heteroatoms. The summed E-state index contributed by atoms with van der Waals surface area (Å²) in [6, 6.07) is 8.18. The molecule has 1 heterocycles. The van der Waals surface area contributed by atoms with Crippen LogP contribution in [0.1, 0.15) is 46.4 Å². The minimum atomic E-state index is -0.226. The fraction of sp³-hybridized carbons (Fsp3) is 0.400. The zero-order chi connectivity index (χ0) is 17.8. The molecule has 4 nitrogen and oxygen atoms in total. The number of benzene rings is 1. The van der Waals surface area contributed by atoms with Crippen molar-refractivity contribution in [1.82, 2.24) is 0 Å². The Bertz CT molecular complexity index is 813. The monoisotopic (exact) mass is 354 g/mol. The van der Waals surface area contributed by atoms with Crippen molar-refractivity contribution in [1.29, 1.82) is 5.26 Å². The van der Waals surface area contributed by atoms with Gasteiger partial charge in [0.05, 0.1) is 5.56 Å². The minimum Gasteiger partial charge on any atom is -0.483 e. The van der Waals surface area contributed by atoms with E-state index in [4.69, 9.17) is 4.74 Å². The van der Waals surface area contributed by atoms with Gasteiger partial charge in [-0.15, -0.1) is 11.3 Å². The number of thiophene rings is 1. The molecule has 0 atom stereocenters. The molecule has 0 saturated carbocycles. The average Bonchev–Trinajstić information content (AvgIpc) is 2.74. The Balaban J connectivity index is 1.70. The first kappa shape index (κ1) is 17.5. The summed E-state index contributed by atoms with van der Waals surface area (Å²) < 4.78 is 5.71. The number of amides is 1. The zero-order valence-corrected chi connectivity index (χ0v) is 15.5. The maximum Gasteiger partial charge on any atom is 0.262 e. The Morgan fingerprint density at radius 2 is 1.96 bits per heavy atom. The third-order valence-electron chi connectivity index (χ3n) is 4.54. The van der Waals surface area contributed by atoms with E-state index in [-0.39, 0.29) is 12.5 Å². The number of carbonyl (C=O) groups excluding carboxylic acids is 1. The summed E-state index contributed by atoms with van der Waals surface area (Å²) in [4.78, 5) is 13.6. The lowest BCUT2D eigenvalue weighted by Gasteiger charge is -2.11. The quantitative estimate of drug-likeness (QED) is 0.821. The fourth-order valence-corrected chi connectivity index (χ4v) is 4.53. The first-order chi connectivity index (χ1) is 12.1. The first-order valence-electron chi connectivity index (χ1n) is 8.63. The molecule has 3 rings (SSSR count). The van der Waals surface area contributed by atoms with Gasteiger partial charge in [0, 0.05) is 4.88 Å². The molecule has 1 aliphatic rings. The number of hydrogen-bond acceptors (Lipinski definition) is 4. The highest BCUT2D eigenvalue weighted by Gasteiger charge is 2.21. The van der Waals surface area contributed by atoms with Gasteiger partial charge in [0.25, 0.3) is 5.91 Å². The van der Waals surface area contributed by atoms with Crippen LogP contribution in [0.5, 0.6) is 5.75 Å². The molecule has 0 unspecified atom stereocenters. The molecule has 130 valence electrons. The summed E-state index contributed by atoms with van der Waals surface area (Å²) in [6.07, 6.45) is 5.41. The van der Waals surface area contributed by atoms with E-state index in [1.165, 1.54) is 11.3 Å². The van der Waals surface area contributed by atoms with E-state index in [9.17, 15) is 10.1 Å². The van der Waals surface area contributed by atoms with Crippen LogP contribution < -0.4 is 10.1 Å². The van der Waals surface area contributed by atoms with Crippen molar-refractivity contribution in [3.05, 3.63) is 45.3 Å². The highest BCUT2D eigenvalue weighted by Crippen LogP contribution is 2.37. The summed E-state index contributed by atoms with van der Waals surface area (Å²) in [5.74, 6) is 0.524. The van der Waals surface area contributed by atoms with Crippen LogP contribution >= 0.6 is 11.3 Å². The van der Waals surface area contributed by atoms with Crippen molar-refractivity contribution in [2.24, 2.45) is 0 Å². The lowest BCUT2D eigenvalue weighted by molar-refractivity contribution is -0.118. The summed E-state index contributed by atoms with van der Waals surface area (Å²) in [7, 11) is 0. The van der Waals surface area contributed by atoms with Crippen LogP contribution in [-0.4, -0.2) is 12.5 Å². The number of nitrogens with one attached hydrogen (secondary N) is 1. The van der Waals surface area contributed by atoms with E-state index >= 15 is 0 Å². The Labute approximate surface area is 152 Å². The molecule has 0 bridgehead atoms. The van der Waals surface area contributed by atoms with Gasteiger partial charge < -0.3 is 10.1 Å². The molecule has 25 heavy (non-hydrogen) atoms. The molecule has 0 saturated heterocycles. The lowest BCUT2D eigenvalue weighted by Crippen LogP contribution is -2.20. The number of nitrogens with zero attached hydrogens (tertiary/aromatic N) is 1. The topological polar surface area (TPSA) is 62.1 Å². The largest absolute Gasteiger partial charge is 0.483 e. The zero-order valence-electron chi connectivity index (χ0n) is 14.6. The van der Waals surface area contributed by atoms with Crippen LogP contribution in [0.15, 0.2) is 18.2 Å². The van der Waals surface area contributed by atoms with Gasteiger partial charge in [0.2, 0.25) is 0 Å². The molecule has 1 N–H and O–H groups in total. The molecule has 0 fully saturated rings. The Kier molecular flexibility index (Phi) is 5.40. The van der Waals surface area contributed by atoms with Crippen molar-refractivity contribution in [2.75, 3.05) is 11.9 Å². The maximum absolute atomic E-state index is 12.3. The van der Waals surface area contributed by atoms with Gasteiger partial charge >= 0.3 is 0 Å². The SMILES string of the molecule is Cc1cccc(C)c1OCC(=O)Nc1sc2c(c1C#N)CCCCC2. The van der Waals surface area contributed by atoms with E-state index in [1.807, 2.05) is 32.0 Å². The Morgan fingerprint density at radius 3 is 2.68 bits per heavy atom. The van der Waals surface area contributed by atoms with Gasteiger partial charge in [0.1, 0.15) is 16.8 Å². The van der Waals surface area contributed by atoms with Gasteiger partial charge in [-0.25, -0.2) is 0 Å². The maximum atomic E-state index is 12.3. The van der Waals surface area contributed by atoms with Crippen LogP contribution in [0.4, 0.5) is 5.00 Å². The van der Waals surface area contributed by atoms with E-state index in [2.05, 4.69) is 11.4 Å². The summed E-state index contributed by atoms with van der Waals surface area (Å²) in [5, 5.41) is 13.1. The van der Waals surface area contributed by atoms with Crippen molar-refractivity contribution in [2.45, 2.75) is 46.0 Å². The average molecular weight is 354 g/mol. The van der Waals surface area contributed by atoms with E-state index in [1.54, 1.807) is 11.3 Å². The number of ether oxygens (including phenoxy) is 1. The molecule has 2 aromatic rings. The van der Waals surface area contributed by atoms with Crippen LogP contribution in [0, 0.1) is 25.2 Å². The number of aryl methyl sites for hydroxylation is 3. The van der Waals surface area contributed by atoms with Crippen LogP contribution in [0.2, 0.25) is 0 Å². The van der Waals surface area contributed by atoms with Crippen LogP contribution in [0.3, 0.4) is 0 Å². The number of carbonyl (C=O) groups is 1. The minimum absolute atomic E-state index is 0.0564. The second-order valence-corrected chi connectivity index (χ2v) is 7.54. The molecular weight excluding hydrogens is 332 g/mol. The van der Waals surface area contributed by atoms with E-state index < -0.39 is 0 Å².